The predicted octanol–water partition coefficient (Wildman–Crippen LogP) is 3.99. The van der Waals surface area contributed by atoms with E-state index in [1.807, 2.05) is 0 Å². The third-order valence-electron chi connectivity index (χ3n) is 1.88. The molecule has 0 amide bonds. The molecule has 1 N–H and O–H groups in total. The molecular weight excluding hydrogens is 339 g/mol. The summed E-state index contributed by atoms with van der Waals surface area (Å²) in [5, 5.41) is 29.5. The zero-order valence-corrected chi connectivity index (χ0v) is 11.7. The summed E-state index contributed by atoms with van der Waals surface area (Å²) in [6.07, 6.45) is 0. The van der Waals surface area contributed by atoms with Crippen molar-refractivity contribution in [1.29, 1.82) is 15.8 Å². The number of hydrogen-bond acceptors (Lipinski definition) is 4. The van der Waals surface area contributed by atoms with Gasteiger partial charge in [-0.1, -0.05) is 23.2 Å². The van der Waals surface area contributed by atoms with Crippen molar-refractivity contribution in [3.05, 3.63) is 37.9 Å². The molecule has 0 aliphatic rings. The van der Waals surface area contributed by atoms with Crippen molar-refractivity contribution in [3.63, 3.8) is 0 Å². The highest BCUT2D eigenvalue weighted by Crippen LogP contribution is 2.36. The Morgan fingerprint density at radius 2 is 1.72 bits per heavy atom. The van der Waals surface area contributed by atoms with E-state index in [2.05, 4.69) is 21.2 Å². The van der Waals surface area contributed by atoms with Gasteiger partial charge in [0.1, 0.15) is 23.9 Å². The van der Waals surface area contributed by atoms with Gasteiger partial charge in [0.05, 0.1) is 20.2 Å². The smallest absolute Gasteiger partial charge is 0.163 e. The van der Waals surface area contributed by atoms with Crippen LogP contribution in [-0.4, -0.2) is 0 Å². The number of nitrogens with one attached hydrogen (secondary N) is 1. The summed E-state index contributed by atoms with van der Waals surface area (Å²) >= 11 is 15.0. The lowest BCUT2D eigenvalue weighted by atomic mass is 10.2. The van der Waals surface area contributed by atoms with Crippen molar-refractivity contribution >= 4 is 44.8 Å². The Hall–Kier alpha value is -1.71. The van der Waals surface area contributed by atoms with E-state index in [1.165, 1.54) is 0 Å². The van der Waals surface area contributed by atoms with E-state index in [0.29, 0.717) is 15.2 Å². The zero-order chi connectivity index (χ0) is 13.7. The molecule has 0 saturated heterocycles. The van der Waals surface area contributed by atoms with Gasteiger partial charge in [-0.05, 0) is 28.1 Å². The summed E-state index contributed by atoms with van der Waals surface area (Å²) in [7, 11) is 0. The fourth-order valence-electron chi connectivity index (χ4n) is 1.04. The minimum Gasteiger partial charge on any atom is -0.344 e. The quantitative estimate of drug-likeness (QED) is 0.651. The first-order valence-electron chi connectivity index (χ1n) is 4.40. The van der Waals surface area contributed by atoms with Crippen LogP contribution in [0.5, 0.6) is 0 Å². The Morgan fingerprint density at radius 1 is 1.11 bits per heavy atom. The number of hydrogen-bond donors (Lipinski definition) is 1. The minimum absolute atomic E-state index is 0.170. The van der Waals surface area contributed by atoms with Gasteiger partial charge in [-0.25, -0.2) is 0 Å². The first kappa shape index (κ1) is 14.4. The summed E-state index contributed by atoms with van der Waals surface area (Å²) < 4.78 is 0.462. The molecule has 1 aromatic carbocycles. The molecule has 0 atom stereocenters. The van der Waals surface area contributed by atoms with Gasteiger partial charge < -0.3 is 5.32 Å². The maximum atomic E-state index is 8.88. The van der Waals surface area contributed by atoms with Crippen LogP contribution in [0.4, 0.5) is 5.69 Å². The topological polar surface area (TPSA) is 83.4 Å². The van der Waals surface area contributed by atoms with E-state index in [0.717, 1.165) is 0 Å². The van der Waals surface area contributed by atoms with Crippen LogP contribution in [0.25, 0.3) is 0 Å². The lowest BCUT2D eigenvalue weighted by Crippen LogP contribution is -2.01. The van der Waals surface area contributed by atoms with Crippen molar-refractivity contribution < 1.29 is 0 Å². The predicted molar refractivity (Wildman–Crippen MR) is 71.6 cm³/mol. The van der Waals surface area contributed by atoms with Crippen molar-refractivity contribution in [2.45, 2.75) is 0 Å². The van der Waals surface area contributed by atoms with E-state index in [-0.39, 0.29) is 16.3 Å². The SMILES string of the molecule is N#CC(C#N)=C(C#N)Nc1ccc(Cl)c(Br)c1Cl. The number of nitrogens with zero attached hydrogens (tertiary/aromatic N) is 3. The van der Waals surface area contributed by atoms with Crippen LogP contribution >= 0.6 is 39.1 Å². The van der Waals surface area contributed by atoms with Gasteiger partial charge >= 0.3 is 0 Å². The standard InChI is InChI=1S/C11H3BrCl2N4/c12-10-7(13)1-2-8(11(10)14)18-9(5-17)6(3-15)4-16/h1-2,18H. The van der Waals surface area contributed by atoms with Crippen LogP contribution in [0.15, 0.2) is 27.9 Å². The van der Waals surface area contributed by atoms with Crippen LogP contribution in [-0.2, 0) is 0 Å². The molecule has 0 aliphatic heterocycles. The molecule has 4 nitrogen and oxygen atoms in total. The van der Waals surface area contributed by atoms with E-state index in [9.17, 15) is 0 Å². The van der Waals surface area contributed by atoms with Crippen molar-refractivity contribution in [2.24, 2.45) is 0 Å². The van der Waals surface area contributed by atoms with Crippen LogP contribution < -0.4 is 5.32 Å². The van der Waals surface area contributed by atoms with E-state index < -0.39 is 0 Å². The number of allylic oxidation sites excluding steroid dienone is 2. The van der Waals surface area contributed by atoms with Gasteiger partial charge in [-0.2, -0.15) is 15.8 Å². The van der Waals surface area contributed by atoms with Gasteiger partial charge in [-0.3, -0.25) is 0 Å². The molecule has 0 unspecified atom stereocenters. The summed E-state index contributed by atoms with van der Waals surface area (Å²) in [4.78, 5) is 0. The van der Waals surface area contributed by atoms with Crippen molar-refractivity contribution in [1.82, 2.24) is 0 Å². The molecule has 0 bridgehead atoms. The number of halogens is 3. The molecule has 0 spiro atoms. The maximum Gasteiger partial charge on any atom is 0.163 e. The largest absolute Gasteiger partial charge is 0.344 e. The van der Waals surface area contributed by atoms with E-state index in [1.54, 1.807) is 30.3 Å². The molecule has 88 valence electrons. The van der Waals surface area contributed by atoms with Crippen molar-refractivity contribution in [2.75, 3.05) is 5.32 Å². The van der Waals surface area contributed by atoms with Gasteiger partial charge in [0, 0.05) is 0 Å². The molecule has 0 fully saturated rings. The van der Waals surface area contributed by atoms with E-state index in [4.69, 9.17) is 39.0 Å². The monoisotopic (exact) mass is 340 g/mol. The Balaban J connectivity index is 3.26. The molecule has 0 aliphatic carbocycles. The minimum atomic E-state index is -0.320. The third kappa shape index (κ3) is 2.94. The van der Waals surface area contributed by atoms with E-state index >= 15 is 0 Å². The van der Waals surface area contributed by atoms with Gasteiger partial charge in [0.2, 0.25) is 0 Å². The summed E-state index contributed by atoms with van der Waals surface area (Å²) in [6.45, 7) is 0. The van der Waals surface area contributed by atoms with Gasteiger partial charge in [-0.15, -0.1) is 0 Å². The molecule has 18 heavy (non-hydrogen) atoms. The average molecular weight is 342 g/mol. The highest BCUT2D eigenvalue weighted by molar-refractivity contribution is 9.10. The Kier molecular flexibility index (Phi) is 5.01. The number of rotatable bonds is 2. The highest BCUT2D eigenvalue weighted by atomic mass is 79.9. The molecule has 1 aromatic rings. The maximum absolute atomic E-state index is 8.88. The molecule has 0 heterocycles. The normalized spacial score (nSPS) is 8.67. The molecule has 0 aromatic heterocycles. The Morgan fingerprint density at radius 3 is 2.22 bits per heavy atom. The Bertz CT molecular complexity index is 631. The molecular formula is C11H3BrCl2N4. The van der Waals surface area contributed by atoms with Crippen LogP contribution in [0.2, 0.25) is 10.0 Å². The molecule has 1 rings (SSSR count). The first-order chi connectivity index (χ1) is 8.54. The second kappa shape index (κ2) is 6.28. The first-order valence-corrected chi connectivity index (χ1v) is 5.95. The summed E-state index contributed by atoms with van der Waals surface area (Å²) in [6, 6.07) is 8.08. The second-order valence-corrected chi connectivity index (χ2v) is 4.51. The van der Waals surface area contributed by atoms with Crippen molar-refractivity contribution in [3.8, 4) is 18.2 Å². The van der Waals surface area contributed by atoms with Crippen LogP contribution in [0.1, 0.15) is 0 Å². The number of anilines is 1. The second-order valence-electron chi connectivity index (χ2n) is 2.93. The lowest BCUT2D eigenvalue weighted by molar-refractivity contribution is 1.37. The van der Waals surface area contributed by atoms with Gasteiger partial charge in [0.15, 0.2) is 5.57 Å². The third-order valence-corrected chi connectivity index (χ3v) is 3.87. The number of nitriles is 3. The number of benzene rings is 1. The summed E-state index contributed by atoms with van der Waals surface area (Å²) in [5.41, 5.74) is -0.122. The van der Waals surface area contributed by atoms with Crippen LogP contribution in [0, 0.1) is 34.0 Å². The fraction of sp³-hybridized carbons (Fsp3) is 0. The molecule has 0 radical (unpaired) electrons. The average Bonchev–Trinajstić information content (AvgIpc) is 2.38. The Labute approximate surface area is 122 Å². The van der Waals surface area contributed by atoms with Gasteiger partial charge in [0.25, 0.3) is 0 Å². The summed E-state index contributed by atoms with van der Waals surface area (Å²) in [5.74, 6) is 0. The van der Waals surface area contributed by atoms with Crippen LogP contribution in [0.3, 0.4) is 0 Å². The molecule has 0 saturated carbocycles. The molecule has 7 heteroatoms. The lowest BCUT2D eigenvalue weighted by Gasteiger charge is -2.09. The zero-order valence-electron chi connectivity index (χ0n) is 8.63. The highest BCUT2D eigenvalue weighted by Gasteiger charge is 2.12. The fourth-order valence-corrected chi connectivity index (χ4v) is 1.80.